The smallest absolute Gasteiger partial charge is 0.243 e. The van der Waals surface area contributed by atoms with Crippen LogP contribution in [0.5, 0.6) is 5.75 Å². The van der Waals surface area contributed by atoms with E-state index in [9.17, 15) is 19.2 Å². The number of para-hydroxylation sites is 2. The Morgan fingerprint density at radius 2 is 1.20 bits per heavy atom. The van der Waals surface area contributed by atoms with Gasteiger partial charge in [0, 0.05) is 59.9 Å². The minimum atomic E-state index is -0.923. The molecule has 0 bridgehead atoms. The first kappa shape index (κ1) is 46.5. The molecular weight excluding hydrogens is 821 g/mol. The van der Waals surface area contributed by atoms with E-state index in [-0.39, 0.29) is 29.6 Å². The lowest BCUT2D eigenvalue weighted by atomic mass is 9.96. The summed E-state index contributed by atoms with van der Waals surface area (Å²) in [4.78, 5) is 61.9. The van der Waals surface area contributed by atoms with Crippen LogP contribution in [0.3, 0.4) is 0 Å². The van der Waals surface area contributed by atoms with E-state index in [0.29, 0.717) is 49.6 Å². The van der Waals surface area contributed by atoms with Crippen LogP contribution in [0.2, 0.25) is 0 Å². The maximum Gasteiger partial charge on any atom is 0.243 e. The summed E-state index contributed by atoms with van der Waals surface area (Å²) in [7, 11) is 1.63. The Kier molecular flexibility index (Phi) is 15.4. The number of ether oxygens (including phenoxy) is 1. The van der Waals surface area contributed by atoms with Crippen LogP contribution in [0, 0.1) is 17.8 Å². The first-order valence-electron chi connectivity index (χ1n) is 22.9. The van der Waals surface area contributed by atoms with Gasteiger partial charge in [-0.15, -0.1) is 10.2 Å². The Morgan fingerprint density at radius 3 is 1.72 bits per heavy atom. The molecule has 6 aromatic rings. The van der Waals surface area contributed by atoms with Crippen LogP contribution in [0.4, 0.5) is 0 Å². The Balaban J connectivity index is 1.33. The van der Waals surface area contributed by atoms with Crippen LogP contribution in [-0.2, 0) is 38.6 Å². The Hall–Kier alpha value is -6.48. The SMILES string of the molecule is COc1ccc(Cn2c([C@@H](Cc3c[nH]c4ccccc34)NC(=O)C3CCNCC3)nnc2[C@@H](Cc2c[nH]c3ccccc23)NC(=O)[C@H](CC(C)C)NC(=O)[C@H](CC(C)C)NC(C)=O)cc1. The molecule has 1 fully saturated rings. The van der Waals surface area contributed by atoms with E-state index in [0.717, 1.165) is 64.4 Å². The molecule has 65 heavy (non-hydrogen) atoms. The largest absolute Gasteiger partial charge is 0.497 e. The average Bonchev–Trinajstić information content (AvgIpc) is 4.02. The average molecular weight is 885 g/mol. The molecule has 344 valence electrons. The van der Waals surface area contributed by atoms with Crippen LogP contribution in [0.15, 0.2) is 85.2 Å². The van der Waals surface area contributed by atoms with E-state index in [1.54, 1.807) is 7.11 Å². The summed E-state index contributed by atoms with van der Waals surface area (Å²) in [6.45, 7) is 11.2. The molecule has 7 N–H and O–H groups in total. The van der Waals surface area contributed by atoms with Crippen LogP contribution in [0.25, 0.3) is 21.8 Å². The van der Waals surface area contributed by atoms with Gasteiger partial charge >= 0.3 is 0 Å². The van der Waals surface area contributed by atoms with Crippen LogP contribution in [-0.4, -0.2) is 80.6 Å². The molecule has 1 aliphatic rings. The second-order valence-corrected chi connectivity index (χ2v) is 18.2. The molecule has 1 saturated heterocycles. The second-order valence-electron chi connectivity index (χ2n) is 18.2. The van der Waals surface area contributed by atoms with E-state index in [2.05, 4.69) is 42.6 Å². The van der Waals surface area contributed by atoms with Crippen molar-refractivity contribution in [2.75, 3.05) is 20.2 Å². The van der Waals surface area contributed by atoms with Crippen molar-refractivity contribution in [3.8, 4) is 5.75 Å². The molecule has 4 heterocycles. The fourth-order valence-electron chi connectivity index (χ4n) is 8.94. The zero-order valence-electron chi connectivity index (χ0n) is 38.4. The predicted octanol–water partition coefficient (Wildman–Crippen LogP) is 6.18. The molecule has 1 aliphatic heterocycles. The number of hydrogen-bond acceptors (Lipinski definition) is 8. The molecule has 4 atom stereocenters. The quantitative estimate of drug-likeness (QED) is 0.0472. The Morgan fingerprint density at radius 1 is 0.692 bits per heavy atom. The number of nitrogens with zero attached hydrogens (tertiary/aromatic N) is 3. The summed E-state index contributed by atoms with van der Waals surface area (Å²) in [5, 5.41) is 27.8. The van der Waals surface area contributed by atoms with E-state index < -0.39 is 36.0 Å². The number of hydrogen-bond donors (Lipinski definition) is 7. The van der Waals surface area contributed by atoms with E-state index >= 15 is 0 Å². The van der Waals surface area contributed by atoms with Gasteiger partial charge in [0.1, 0.15) is 17.8 Å². The molecule has 15 heteroatoms. The molecule has 0 aliphatic carbocycles. The summed E-state index contributed by atoms with van der Waals surface area (Å²) in [5.41, 5.74) is 4.84. The number of H-pyrrole nitrogens is 2. The molecule has 0 radical (unpaired) electrons. The van der Waals surface area contributed by atoms with Gasteiger partial charge in [0.2, 0.25) is 23.6 Å². The minimum absolute atomic E-state index is 0.0390. The standard InChI is InChI=1S/C50H64N10O5/c1-30(2)23-44(54-32(5)61)49(63)57-45(24-31(3)4)50(64)56-43(26-36-28-53-41-14-10-8-12-39(36)41)47-59-58-46(60(47)29-33-15-17-37(65-6)18-16-33)42(55-48(62)34-19-21-51-22-20-34)25-35-27-52-40-13-9-7-11-38(35)40/h7-18,27-28,30-31,34,42-45,51-53H,19-26,29H2,1-6H3,(H,54,61)(H,55,62)(H,56,64)(H,57,63)/t42-,43-,44+,45+/m1/s1. The monoisotopic (exact) mass is 885 g/mol. The van der Waals surface area contributed by atoms with Crippen molar-refractivity contribution >= 4 is 45.4 Å². The van der Waals surface area contributed by atoms with Crippen LogP contribution in [0.1, 0.15) is 101 Å². The van der Waals surface area contributed by atoms with Gasteiger partial charge in [0.05, 0.1) is 25.7 Å². The summed E-state index contributed by atoms with van der Waals surface area (Å²) in [6, 6.07) is 20.8. The normalized spacial score (nSPS) is 15.1. The number of piperidine rings is 1. The molecule has 15 nitrogen and oxygen atoms in total. The number of rotatable bonds is 20. The molecule has 7 rings (SSSR count). The topological polar surface area (TPSA) is 200 Å². The molecule has 3 aromatic heterocycles. The van der Waals surface area contributed by atoms with Gasteiger partial charge in [-0.2, -0.15) is 0 Å². The number of aromatic nitrogens is 5. The lowest BCUT2D eigenvalue weighted by Crippen LogP contribution is -2.54. The van der Waals surface area contributed by atoms with E-state index in [1.165, 1.54) is 6.92 Å². The third-order valence-electron chi connectivity index (χ3n) is 12.2. The van der Waals surface area contributed by atoms with E-state index in [1.807, 2.05) is 111 Å². The van der Waals surface area contributed by atoms with Crippen molar-refractivity contribution < 1.29 is 23.9 Å². The highest BCUT2D eigenvalue weighted by Crippen LogP contribution is 2.30. The van der Waals surface area contributed by atoms with Crippen LogP contribution >= 0.6 is 0 Å². The lowest BCUT2D eigenvalue weighted by molar-refractivity contribution is -0.132. The Labute approximate surface area is 380 Å². The summed E-state index contributed by atoms with van der Waals surface area (Å²) < 4.78 is 7.53. The minimum Gasteiger partial charge on any atom is -0.497 e. The molecule has 4 amide bonds. The number of carbonyl (C=O) groups is 4. The number of amides is 4. The van der Waals surface area contributed by atoms with E-state index in [4.69, 9.17) is 14.9 Å². The lowest BCUT2D eigenvalue weighted by Gasteiger charge is -2.28. The van der Waals surface area contributed by atoms with Crippen molar-refractivity contribution in [3.63, 3.8) is 0 Å². The van der Waals surface area contributed by atoms with Crippen LogP contribution < -0.4 is 31.3 Å². The first-order chi connectivity index (χ1) is 31.4. The van der Waals surface area contributed by atoms with Crippen molar-refractivity contribution in [1.29, 1.82) is 0 Å². The highest BCUT2D eigenvalue weighted by Gasteiger charge is 2.34. The van der Waals surface area contributed by atoms with Crippen molar-refractivity contribution in [2.45, 2.75) is 104 Å². The van der Waals surface area contributed by atoms with Gasteiger partial charge < -0.3 is 45.9 Å². The number of methoxy groups -OCH3 is 1. The molecule has 0 spiro atoms. The second kappa shape index (κ2) is 21.5. The zero-order chi connectivity index (χ0) is 46.0. The van der Waals surface area contributed by atoms with Gasteiger partial charge in [0.15, 0.2) is 11.6 Å². The van der Waals surface area contributed by atoms with Crippen molar-refractivity contribution in [2.24, 2.45) is 17.8 Å². The maximum absolute atomic E-state index is 14.8. The van der Waals surface area contributed by atoms with Gasteiger partial charge in [-0.3, -0.25) is 19.2 Å². The zero-order valence-corrected chi connectivity index (χ0v) is 38.4. The summed E-state index contributed by atoms with van der Waals surface area (Å²) in [5.74, 6) is 0.566. The van der Waals surface area contributed by atoms with Crippen molar-refractivity contribution in [1.82, 2.24) is 51.3 Å². The highest BCUT2D eigenvalue weighted by molar-refractivity contribution is 5.92. The number of benzene rings is 3. The number of aromatic amines is 2. The summed E-state index contributed by atoms with van der Waals surface area (Å²) >= 11 is 0. The third kappa shape index (κ3) is 11.8. The van der Waals surface area contributed by atoms with Gasteiger partial charge in [0.25, 0.3) is 0 Å². The van der Waals surface area contributed by atoms with Gasteiger partial charge in [-0.1, -0.05) is 76.2 Å². The Bertz CT molecular complexity index is 2550. The van der Waals surface area contributed by atoms with Gasteiger partial charge in [-0.05, 0) is 91.6 Å². The molecule has 0 saturated carbocycles. The fourth-order valence-corrected chi connectivity index (χ4v) is 8.94. The molecule has 0 unspecified atom stereocenters. The van der Waals surface area contributed by atoms with Crippen molar-refractivity contribution in [3.05, 3.63) is 114 Å². The molecule has 3 aromatic carbocycles. The number of carbonyl (C=O) groups excluding carboxylic acids is 4. The predicted molar refractivity (Wildman–Crippen MR) is 252 cm³/mol. The highest BCUT2D eigenvalue weighted by atomic mass is 16.5. The van der Waals surface area contributed by atoms with Gasteiger partial charge in [-0.25, -0.2) is 0 Å². The third-order valence-corrected chi connectivity index (χ3v) is 12.2. The number of nitrogens with one attached hydrogen (secondary N) is 7. The summed E-state index contributed by atoms with van der Waals surface area (Å²) in [6.07, 6.45) is 6.91. The molecular formula is C50H64N10O5. The fraction of sp³-hybridized carbons (Fsp3) is 0.440. The number of fused-ring (bicyclic) bond motifs is 2. The maximum atomic E-state index is 14.8. The first-order valence-corrected chi connectivity index (χ1v) is 22.9.